The summed E-state index contributed by atoms with van der Waals surface area (Å²) in [6.45, 7) is 1.27. The van der Waals surface area contributed by atoms with Crippen LogP contribution in [0, 0.1) is 0 Å². The first-order valence-electron chi connectivity index (χ1n) is 3.99. The third-order valence-corrected chi connectivity index (χ3v) is 1.91. The fourth-order valence-corrected chi connectivity index (χ4v) is 1.33. The number of aliphatic hydroxyl groups excluding tert-OH is 1. The van der Waals surface area contributed by atoms with Crippen LogP contribution in [0.15, 0.2) is 0 Å². The van der Waals surface area contributed by atoms with Crippen molar-refractivity contribution in [1.82, 2.24) is 0 Å². The number of hydrogen-bond donors (Lipinski definition) is 1. The van der Waals surface area contributed by atoms with Gasteiger partial charge in [-0.25, -0.2) is 0 Å². The van der Waals surface area contributed by atoms with Gasteiger partial charge in [0, 0.05) is 13.3 Å². The third-order valence-electron chi connectivity index (χ3n) is 1.91. The van der Waals surface area contributed by atoms with Gasteiger partial charge in [-0.3, -0.25) is 9.59 Å². The average Bonchev–Trinajstić information content (AvgIpc) is 1.98. The maximum atomic E-state index is 10.9. The normalized spacial score (nSPS) is 30.0. The Bertz CT molecular complexity index is 199. The standard InChI is InChI=1S/C8H12O4/c1-5(9)12-7-4-2-3-6(10)8(7)11/h7-8,11H,2-4H2,1H3/t7-,8-/m1/s1. The van der Waals surface area contributed by atoms with Gasteiger partial charge in [0.15, 0.2) is 5.78 Å². The zero-order chi connectivity index (χ0) is 9.14. The zero-order valence-electron chi connectivity index (χ0n) is 6.95. The summed E-state index contributed by atoms with van der Waals surface area (Å²) < 4.78 is 4.76. The largest absolute Gasteiger partial charge is 0.459 e. The number of hydrogen-bond acceptors (Lipinski definition) is 4. The number of esters is 1. The summed E-state index contributed by atoms with van der Waals surface area (Å²) in [7, 11) is 0. The maximum absolute atomic E-state index is 10.9. The molecule has 1 aliphatic carbocycles. The van der Waals surface area contributed by atoms with E-state index in [1.54, 1.807) is 0 Å². The predicted molar refractivity (Wildman–Crippen MR) is 40.4 cm³/mol. The monoisotopic (exact) mass is 172 g/mol. The van der Waals surface area contributed by atoms with Crippen LogP contribution in [0.25, 0.3) is 0 Å². The van der Waals surface area contributed by atoms with Crippen molar-refractivity contribution >= 4 is 11.8 Å². The van der Waals surface area contributed by atoms with Gasteiger partial charge in [-0.05, 0) is 12.8 Å². The van der Waals surface area contributed by atoms with Crippen molar-refractivity contribution < 1.29 is 19.4 Å². The minimum atomic E-state index is -1.11. The Morgan fingerprint density at radius 2 is 2.33 bits per heavy atom. The summed E-state index contributed by atoms with van der Waals surface area (Å²) in [6.07, 6.45) is -0.0781. The SMILES string of the molecule is CC(=O)O[C@@H]1CCCC(=O)[C@H]1O. The summed E-state index contributed by atoms with van der Waals surface area (Å²) >= 11 is 0. The molecule has 2 atom stereocenters. The molecule has 0 aromatic carbocycles. The molecule has 0 aromatic rings. The van der Waals surface area contributed by atoms with Crippen LogP contribution in [0.2, 0.25) is 0 Å². The number of aliphatic hydroxyl groups is 1. The van der Waals surface area contributed by atoms with E-state index in [0.29, 0.717) is 19.3 Å². The average molecular weight is 172 g/mol. The summed E-state index contributed by atoms with van der Waals surface area (Å²) in [5.74, 6) is -0.679. The van der Waals surface area contributed by atoms with Crippen LogP contribution >= 0.6 is 0 Å². The van der Waals surface area contributed by atoms with Crippen LogP contribution in [-0.2, 0) is 14.3 Å². The molecule has 0 spiro atoms. The van der Waals surface area contributed by atoms with E-state index < -0.39 is 18.2 Å². The van der Waals surface area contributed by atoms with Crippen molar-refractivity contribution in [2.45, 2.75) is 38.4 Å². The number of ether oxygens (including phenoxy) is 1. The van der Waals surface area contributed by atoms with E-state index in [2.05, 4.69) is 0 Å². The minimum Gasteiger partial charge on any atom is -0.459 e. The molecule has 1 rings (SSSR count). The molecular formula is C8H12O4. The van der Waals surface area contributed by atoms with Crippen LogP contribution in [0.5, 0.6) is 0 Å². The van der Waals surface area contributed by atoms with E-state index in [9.17, 15) is 14.7 Å². The Kier molecular flexibility index (Phi) is 2.81. The molecule has 0 radical (unpaired) electrons. The predicted octanol–water partition coefficient (Wildman–Crippen LogP) is 0.0320. The molecule has 0 saturated heterocycles. The molecule has 4 nitrogen and oxygen atoms in total. The second-order valence-corrected chi connectivity index (χ2v) is 2.95. The van der Waals surface area contributed by atoms with Crippen molar-refractivity contribution in [3.8, 4) is 0 Å². The van der Waals surface area contributed by atoms with E-state index in [4.69, 9.17) is 4.74 Å². The molecular weight excluding hydrogens is 160 g/mol. The van der Waals surface area contributed by atoms with Crippen molar-refractivity contribution in [1.29, 1.82) is 0 Å². The van der Waals surface area contributed by atoms with Crippen LogP contribution in [0.1, 0.15) is 26.2 Å². The van der Waals surface area contributed by atoms with Gasteiger partial charge in [-0.15, -0.1) is 0 Å². The first-order chi connectivity index (χ1) is 5.61. The van der Waals surface area contributed by atoms with Gasteiger partial charge >= 0.3 is 5.97 Å². The molecule has 1 saturated carbocycles. The van der Waals surface area contributed by atoms with Gasteiger partial charge in [0.05, 0.1) is 0 Å². The van der Waals surface area contributed by atoms with Crippen molar-refractivity contribution in [2.75, 3.05) is 0 Å². The second kappa shape index (κ2) is 3.67. The number of carbonyl (C=O) groups excluding carboxylic acids is 2. The highest BCUT2D eigenvalue weighted by Gasteiger charge is 2.31. The Balaban J connectivity index is 2.52. The Morgan fingerprint density at radius 3 is 2.92 bits per heavy atom. The second-order valence-electron chi connectivity index (χ2n) is 2.95. The van der Waals surface area contributed by atoms with Gasteiger partial charge in [-0.2, -0.15) is 0 Å². The van der Waals surface area contributed by atoms with Crippen LogP contribution in [-0.4, -0.2) is 29.1 Å². The zero-order valence-corrected chi connectivity index (χ0v) is 6.95. The lowest BCUT2D eigenvalue weighted by Crippen LogP contribution is -2.40. The molecule has 12 heavy (non-hydrogen) atoms. The Hall–Kier alpha value is -0.900. The molecule has 0 aliphatic heterocycles. The summed E-state index contributed by atoms with van der Waals surface area (Å²) in [4.78, 5) is 21.5. The smallest absolute Gasteiger partial charge is 0.303 e. The lowest BCUT2D eigenvalue weighted by molar-refractivity contribution is -0.158. The lowest BCUT2D eigenvalue weighted by atomic mass is 9.93. The van der Waals surface area contributed by atoms with Crippen LogP contribution in [0.3, 0.4) is 0 Å². The summed E-state index contributed by atoms with van der Waals surface area (Å²) in [6, 6.07) is 0. The summed E-state index contributed by atoms with van der Waals surface area (Å²) in [5.41, 5.74) is 0. The lowest BCUT2D eigenvalue weighted by Gasteiger charge is -2.25. The Morgan fingerprint density at radius 1 is 1.67 bits per heavy atom. The van der Waals surface area contributed by atoms with Crippen molar-refractivity contribution in [2.24, 2.45) is 0 Å². The highest BCUT2D eigenvalue weighted by Crippen LogP contribution is 2.18. The first-order valence-corrected chi connectivity index (χ1v) is 3.99. The van der Waals surface area contributed by atoms with Gasteiger partial charge < -0.3 is 9.84 Å². The highest BCUT2D eigenvalue weighted by molar-refractivity contribution is 5.84. The third kappa shape index (κ3) is 2.04. The number of rotatable bonds is 1. The molecule has 0 aromatic heterocycles. The van der Waals surface area contributed by atoms with Crippen LogP contribution < -0.4 is 0 Å². The number of ketones is 1. The molecule has 0 bridgehead atoms. The quantitative estimate of drug-likeness (QED) is 0.567. The van der Waals surface area contributed by atoms with Crippen molar-refractivity contribution in [3.05, 3.63) is 0 Å². The maximum Gasteiger partial charge on any atom is 0.303 e. The molecule has 0 unspecified atom stereocenters. The molecule has 1 N–H and O–H groups in total. The molecule has 0 heterocycles. The molecule has 1 fully saturated rings. The topological polar surface area (TPSA) is 63.6 Å². The van der Waals surface area contributed by atoms with E-state index in [1.165, 1.54) is 6.92 Å². The number of carbonyl (C=O) groups is 2. The van der Waals surface area contributed by atoms with Gasteiger partial charge in [-0.1, -0.05) is 0 Å². The molecule has 68 valence electrons. The number of Topliss-reactive ketones (excluding diaryl/α,β-unsaturated/α-hetero) is 1. The highest BCUT2D eigenvalue weighted by atomic mass is 16.6. The van der Waals surface area contributed by atoms with E-state index in [-0.39, 0.29) is 5.78 Å². The van der Waals surface area contributed by atoms with Gasteiger partial charge in [0.1, 0.15) is 12.2 Å². The molecule has 0 amide bonds. The van der Waals surface area contributed by atoms with Gasteiger partial charge in [0.2, 0.25) is 0 Å². The van der Waals surface area contributed by atoms with Gasteiger partial charge in [0.25, 0.3) is 0 Å². The fourth-order valence-electron chi connectivity index (χ4n) is 1.33. The Labute approximate surface area is 70.5 Å². The van der Waals surface area contributed by atoms with E-state index in [1.807, 2.05) is 0 Å². The van der Waals surface area contributed by atoms with E-state index in [0.717, 1.165) is 0 Å². The molecule has 4 heteroatoms. The fraction of sp³-hybridized carbons (Fsp3) is 0.750. The molecule has 1 aliphatic rings. The van der Waals surface area contributed by atoms with Crippen molar-refractivity contribution in [3.63, 3.8) is 0 Å². The first kappa shape index (κ1) is 9.19. The minimum absolute atomic E-state index is 0.229. The van der Waals surface area contributed by atoms with Crippen LogP contribution in [0.4, 0.5) is 0 Å². The van der Waals surface area contributed by atoms with E-state index >= 15 is 0 Å². The summed E-state index contributed by atoms with van der Waals surface area (Å²) in [5, 5.41) is 9.26.